The highest BCUT2D eigenvalue weighted by atomic mass is 32.2. The first-order valence-corrected chi connectivity index (χ1v) is 7.05. The Morgan fingerprint density at radius 1 is 1.00 bits per heavy atom. The van der Waals surface area contributed by atoms with Crippen LogP contribution in [-0.4, -0.2) is 41.7 Å². The largest absolute Gasteiger partial charge is 0.347 e. The van der Waals surface area contributed by atoms with Crippen molar-refractivity contribution < 1.29 is 17.2 Å². The van der Waals surface area contributed by atoms with Crippen LogP contribution in [0.2, 0.25) is 0 Å². The second-order valence-corrected chi connectivity index (χ2v) is 6.10. The van der Waals surface area contributed by atoms with Crippen LogP contribution in [0.4, 0.5) is 0 Å². The molecule has 18 heavy (non-hydrogen) atoms. The fourth-order valence-corrected chi connectivity index (χ4v) is 1.51. The first kappa shape index (κ1) is 17.0. The second-order valence-electron chi connectivity index (χ2n) is 4.53. The summed E-state index contributed by atoms with van der Waals surface area (Å²) in [7, 11) is 0. The molecule has 0 fully saturated rings. The predicted octanol–water partition coefficient (Wildman–Crippen LogP) is 1.08. The van der Waals surface area contributed by atoms with Gasteiger partial charge in [0.2, 0.25) is 11.8 Å². The van der Waals surface area contributed by atoms with Gasteiger partial charge in [0.05, 0.1) is 18.8 Å². The molecule has 0 aromatic carbocycles. The highest BCUT2D eigenvalue weighted by Crippen LogP contribution is 2.07. The van der Waals surface area contributed by atoms with Crippen molar-refractivity contribution in [2.45, 2.75) is 32.9 Å². The maximum Gasteiger partial charge on any atom is 0.239 e. The molecule has 0 heterocycles. The van der Waals surface area contributed by atoms with Crippen molar-refractivity contribution >= 4 is 29.4 Å². The number of amides is 2. The molecule has 5 nitrogen and oxygen atoms in total. The summed E-state index contributed by atoms with van der Waals surface area (Å²) >= 11 is 1.52. The van der Waals surface area contributed by atoms with Crippen LogP contribution in [0.1, 0.15) is 30.5 Å². The number of hydrogen-bond donors (Lipinski definition) is 2. The van der Waals surface area contributed by atoms with Crippen LogP contribution in [0.5, 0.6) is 0 Å². The molecular weight excluding hydrogens is 252 g/mol. The summed E-state index contributed by atoms with van der Waals surface area (Å²) in [5, 5.41) is 5.36. The molecule has 2 N–H and O–H groups in total. The van der Waals surface area contributed by atoms with Gasteiger partial charge in [-0.1, -0.05) is 27.7 Å². The lowest BCUT2D eigenvalue weighted by atomic mass is 10.1. The number of carbonyl (C=O) groups excluding carboxylic acids is 3. The molecular formula is C12H26N2O3S. The Balaban J connectivity index is -0.00000144. The molecule has 0 rings (SSSR count). The van der Waals surface area contributed by atoms with E-state index < -0.39 is 0 Å². The summed E-state index contributed by atoms with van der Waals surface area (Å²) in [6, 6.07) is 0. The Morgan fingerprint density at radius 3 is 2.06 bits per heavy atom. The lowest BCUT2D eigenvalue weighted by Gasteiger charge is -2.08. The molecule has 6 heteroatoms. The standard InChI is InChI=1S/C12H22N2O3S.2H2/c1-8(2)10(15)5-13-11(16)6-14-12(17)7-18-9(3)4;;/h8-9H,5-7H2,1-4H3,(H,13,16)(H,14,17);2*1H. The topological polar surface area (TPSA) is 75.3 Å². The van der Waals surface area contributed by atoms with E-state index in [1.807, 2.05) is 13.8 Å². The number of nitrogens with one attached hydrogen (secondary N) is 2. The van der Waals surface area contributed by atoms with Crippen molar-refractivity contribution in [3.8, 4) is 0 Å². The third-order valence-electron chi connectivity index (χ3n) is 2.10. The minimum absolute atomic E-state index is 0. The first-order valence-electron chi connectivity index (χ1n) is 6.00. The summed E-state index contributed by atoms with van der Waals surface area (Å²) in [5.74, 6) is -0.283. The van der Waals surface area contributed by atoms with E-state index in [4.69, 9.17) is 0 Å². The molecule has 2 amide bonds. The maximum atomic E-state index is 11.3. The first-order chi connectivity index (χ1) is 8.32. The Kier molecular flexibility index (Phi) is 8.45. The van der Waals surface area contributed by atoms with E-state index in [1.54, 1.807) is 13.8 Å². The zero-order valence-corrected chi connectivity index (χ0v) is 12.2. The zero-order valence-electron chi connectivity index (χ0n) is 11.4. The van der Waals surface area contributed by atoms with E-state index >= 15 is 0 Å². The molecule has 0 aromatic heterocycles. The molecule has 0 saturated heterocycles. The lowest BCUT2D eigenvalue weighted by Crippen LogP contribution is -2.40. The Bertz CT molecular complexity index is 313. The van der Waals surface area contributed by atoms with Gasteiger partial charge in [-0.2, -0.15) is 0 Å². The number of ketones is 1. The van der Waals surface area contributed by atoms with Crippen molar-refractivity contribution in [1.29, 1.82) is 0 Å². The van der Waals surface area contributed by atoms with Crippen LogP contribution in [0, 0.1) is 5.92 Å². The fraction of sp³-hybridized carbons (Fsp3) is 0.750. The van der Waals surface area contributed by atoms with Crippen LogP contribution < -0.4 is 10.6 Å². The van der Waals surface area contributed by atoms with Gasteiger partial charge in [-0.15, -0.1) is 11.8 Å². The summed E-state index contributed by atoms with van der Waals surface area (Å²) in [6.07, 6.45) is 0. The molecule has 0 atom stereocenters. The van der Waals surface area contributed by atoms with Crippen molar-refractivity contribution in [2.75, 3.05) is 18.8 Å². The van der Waals surface area contributed by atoms with Gasteiger partial charge in [-0.3, -0.25) is 14.4 Å². The van der Waals surface area contributed by atoms with Gasteiger partial charge in [0.15, 0.2) is 5.78 Å². The van der Waals surface area contributed by atoms with Crippen molar-refractivity contribution in [3.05, 3.63) is 0 Å². The highest BCUT2D eigenvalue weighted by Gasteiger charge is 2.10. The third kappa shape index (κ3) is 9.04. The van der Waals surface area contributed by atoms with Crippen molar-refractivity contribution in [1.82, 2.24) is 10.6 Å². The molecule has 0 aliphatic heterocycles. The van der Waals surface area contributed by atoms with Gasteiger partial charge < -0.3 is 10.6 Å². The van der Waals surface area contributed by atoms with Gasteiger partial charge in [-0.05, 0) is 5.25 Å². The van der Waals surface area contributed by atoms with Gasteiger partial charge in [-0.25, -0.2) is 0 Å². The minimum Gasteiger partial charge on any atom is -0.347 e. The highest BCUT2D eigenvalue weighted by molar-refractivity contribution is 8.00. The monoisotopic (exact) mass is 278 g/mol. The van der Waals surface area contributed by atoms with Crippen LogP contribution in [0.3, 0.4) is 0 Å². The summed E-state index contributed by atoms with van der Waals surface area (Å²) < 4.78 is 0. The fourth-order valence-electron chi connectivity index (χ4n) is 0.925. The molecule has 0 aliphatic rings. The molecule has 0 bridgehead atoms. The second kappa shape index (κ2) is 8.97. The summed E-state index contributed by atoms with van der Waals surface area (Å²) in [5.41, 5.74) is 0. The zero-order chi connectivity index (χ0) is 14.1. The van der Waals surface area contributed by atoms with Gasteiger partial charge in [0.25, 0.3) is 0 Å². The molecule has 0 unspecified atom stereocenters. The summed E-state index contributed by atoms with van der Waals surface area (Å²) in [6.45, 7) is 7.50. The number of Topliss-reactive ketones (excluding diaryl/α,β-unsaturated/α-hetero) is 1. The molecule has 0 aromatic rings. The average molecular weight is 278 g/mol. The van der Waals surface area contributed by atoms with E-state index in [9.17, 15) is 14.4 Å². The number of hydrogen-bond acceptors (Lipinski definition) is 4. The molecule has 0 radical (unpaired) electrons. The van der Waals surface area contributed by atoms with Crippen LogP contribution >= 0.6 is 11.8 Å². The van der Waals surface area contributed by atoms with Crippen LogP contribution in [0.15, 0.2) is 0 Å². The van der Waals surface area contributed by atoms with Gasteiger partial charge >= 0.3 is 0 Å². The Hall–Kier alpha value is -1.04. The smallest absolute Gasteiger partial charge is 0.239 e. The minimum atomic E-state index is -0.341. The Labute approximate surface area is 115 Å². The molecule has 0 spiro atoms. The number of thioether (sulfide) groups is 1. The molecule has 0 saturated carbocycles. The van der Waals surface area contributed by atoms with E-state index in [0.717, 1.165) is 0 Å². The number of carbonyl (C=O) groups is 3. The van der Waals surface area contributed by atoms with Crippen LogP contribution in [-0.2, 0) is 14.4 Å². The van der Waals surface area contributed by atoms with E-state index in [-0.39, 0.29) is 39.5 Å². The molecule has 108 valence electrons. The van der Waals surface area contributed by atoms with E-state index in [0.29, 0.717) is 11.0 Å². The third-order valence-corrected chi connectivity index (χ3v) is 3.19. The average Bonchev–Trinajstić information content (AvgIpc) is 2.30. The van der Waals surface area contributed by atoms with Crippen molar-refractivity contribution in [2.24, 2.45) is 5.92 Å². The quantitative estimate of drug-likeness (QED) is 0.696. The summed E-state index contributed by atoms with van der Waals surface area (Å²) in [4.78, 5) is 33.9. The normalized spacial score (nSPS) is 10.6. The van der Waals surface area contributed by atoms with Crippen LogP contribution in [0.25, 0.3) is 0 Å². The Morgan fingerprint density at radius 2 is 1.56 bits per heavy atom. The number of rotatable bonds is 8. The van der Waals surface area contributed by atoms with E-state index in [2.05, 4.69) is 10.6 Å². The SMILES string of the molecule is CC(C)SCC(=O)NCC(=O)NCC(=O)C(C)C.[HH].[HH]. The van der Waals surface area contributed by atoms with Gasteiger partial charge in [0.1, 0.15) is 0 Å². The van der Waals surface area contributed by atoms with Crippen molar-refractivity contribution in [3.63, 3.8) is 0 Å². The van der Waals surface area contributed by atoms with E-state index in [1.165, 1.54) is 11.8 Å². The molecule has 0 aliphatic carbocycles. The maximum absolute atomic E-state index is 11.3. The van der Waals surface area contributed by atoms with Gasteiger partial charge in [0, 0.05) is 8.77 Å². The lowest BCUT2D eigenvalue weighted by molar-refractivity contribution is -0.127. The predicted molar refractivity (Wildman–Crippen MR) is 77.7 cm³/mol.